The molecule has 0 atom stereocenters. The molecule has 6 aromatic rings. The molecule has 0 fully saturated rings. The van der Waals surface area contributed by atoms with Crippen LogP contribution in [0.5, 0.6) is 0 Å². The monoisotopic (exact) mass is 664 g/mol. The molecule has 1 aliphatic rings. The molecule has 0 amide bonds. The fourth-order valence-corrected chi connectivity index (χ4v) is 7.54. The first-order valence-electron chi connectivity index (χ1n) is 18.6. The molecule has 1 aliphatic carbocycles. The van der Waals surface area contributed by atoms with Crippen LogP contribution in [0.2, 0.25) is 0 Å². The van der Waals surface area contributed by atoms with Gasteiger partial charge in [0.25, 0.3) is 0 Å². The summed E-state index contributed by atoms with van der Waals surface area (Å²) in [4.78, 5) is 4.82. The number of fused-ring (bicyclic) bond motifs is 3. The zero-order valence-electron chi connectivity index (χ0n) is 30.4. The molecule has 0 radical (unpaired) electrons. The maximum atomic E-state index is 2.41. The molecule has 0 saturated carbocycles. The largest absolute Gasteiger partial charge is 0.372 e. The summed E-state index contributed by atoms with van der Waals surface area (Å²) in [6, 6.07) is 53.7. The highest BCUT2D eigenvalue weighted by Gasteiger charge is 2.20. The molecule has 0 heterocycles. The van der Waals surface area contributed by atoms with Gasteiger partial charge in [0.05, 0.1) is 0 Å². The summed E-state index contributed by atoms with van der Waals surface area (Å²) >= 11 is 0. The maximum absolute atomic E-state index is 2.41. The highest BCUT2D eigenvalue weighted by molar-refractivity contribution is 5.95. The van der Waals surface area contributed by atoms with E-state index in [0.717, 1.165) is 32.6 Å². The smallest absolute Gasteiger partial charge is 0.0372 e. The summed E-state index contributed by atoms with van der Waals surface area (Å²) in [6.07, 6.45) is 5.71. The van der Waals surface area contributed by atoms with Crippen LogP contribution in [0.25, 0.3) is 34.4 Å². The fraction of sp³-hybridized carbons (Fsp3) is 0.184. The van der Waals surface area contributed by atoms with Crippen molar-refractivity contribution in [2.45, 2.75) is 34.1 Å². The minimum absolute atomic E-state index is 0.966. The summed E-state index contributed by atoms with van der Waals surface area (Å²) < 4.78 is 0. The second kappa shape index (κ2) is 15.5. The molecule has 0 unspecified atom stereocenters. The van der Waals surface area contributed by atoms with E-state index in [-0.39, 0.29) is 0 Å². The Morgan fingerprint density at radius 2 is 0.824 bits per heavy atom. The summed E-state index contributed by atoms with van der Waals surface area (Å²) in [7, 11) is 0. The molecule has 51 heavy (non-hydrogen) atoms. The molecular formula is C49H48N2. The van der Waals surface area contributed by atoms with Crippen LogP contribution >= 0.6 is 0 Å². The molecule has 0 bridgehead atoms. The van der Waals surface area contributed by atoms with E-state index in [0.29, 0.717) is 0 Å². The van der Waals surface area contributed by atoms with Crippen molar-refractivity contribution in [3.8, 4) is 11.1 Å². The first-order chi connectivity index (χ1) is 25.1. The van der Waals surface area contributed by atoms with E-state index >= 15 is 0 Å². The van der Waals surface area contributed by atoms with E-state index in [2.05, 4.69) is 195 Å². The number of hydrogen-bond acceptors (Lipinski definition) is 2. The van der Waals surface area contributed by atoms with Crippen molar-refractivity contribution in [1.29, 1.82) is 0 Å². The third-order valence-corrected chi connectivity index (χ3v) is 10.3. The Morgan fingerprint density at radius 1 is 0.431 bits per heavy atom. The van der Waals surface area contributed by atoms with Crippen molar-refractivity contribution in [2.75, 3.05) is 36.0 Å². The second-order valence-corrected chi connectivity index (χ2v) is 13.3. The van der Waals surface area contributed by atoms with E-state index < -0.39 is 0 Å². The van der Waals surface area contributed by atoms with Crippen molar-refractivity contribution >= 4 is 34.7 Å². The third kappa shape index (κ3) is 7.32. The molecular weight excluding hydrogens is 617 g/mol. The number of nitrogens with zero attached hydrogens (tertiary/aromatic N) is 2. The van der Waals surface area contributed by atoms with E-state index in [1.54, 1.807) is 0 Å². The average molecular weight is 665 g/mol. The van der Waals surface area contributed by atoms with E-state index in [1.807, 2.05) is 0 Å². The molecule has 2 heteroatoms. The van der Waals surface area contributed by atoms with Gasteiger partial charge in [-0.25, -0.2) is 0 Å². The molecule has 0 spiro atoms. The van der Waals surface area contributed by atoms with Crippen molar-refractivity contribution in [3.05, 3.63) is 190 Å². The normalized spacial score (nSPS) is 12.4. The van der Waals surface area contributed by atoms with Gasteiger partial charge in [-0.05, 0) is 149 Å². The quantitative estimate of drug-likeness (QED) is 0.120. The van der Waals surface area contributed by atoms with Crippen LogP contribution in [0, 0.1) is 0 Å². The summed E-state index contributed by atoms with van der Waals surface area (Å²) in [5.74, 6) is 0. The Hall–Kier alpha value is -5.60. The fourth-order valence-electron chi connectivity index (χ4n) is 7.54. The predicted octanol–water partition coefficient (Wildman–Crippen LogP) is 12.1. The van der Waals surface area contributed by atoms with Gasteiger partial charge >= 0.3 is 0 Å². The number of rotatable bonds is 12. The van der Waals surface area contributed by atoms with Crippen molar-refractivity contribution < 1.29 is 0 Å². The highest BCUT2D eigenvalue weighted by atomic mass is 15.1. The lowest BCUT2D eigenvalue weighted by atomic mass is 9.93. The topological polar surface area (TPSA) is 6.48 Å². The minimum atomic E-state index is 0.966. The Balaban J connectivity index is 1.30. The van der Waals surface area contributed by atoms with Crippen molar-refractivity contribution in [2.24, 2.45) is 0 Å². The third-order valence-electron chi connectivity index (χ3n) is 10.3. The van der Waals surface area contributed by atoms with Crippen molar-refractivity contribution in [3.63, 3.8) is 0 Å². The molecule has 0 N–H and O–H groups in total. The lowest BCUT2D eigenvalue weighted by Gasteiger charge is -2.22. The van der Waals surface area contributed by atoms with Gasteiger partial charge in [0, 0.05) is 37.6 Å². The number of anilines is 2. The molecule has 6 aromatic carbocycles. The van der Waals surface area contributed by atoms with Gasteiger partial charge in [-0.1, -0.05) is 109 Å². The van der Waals surface area contributed by atoms with Crippen LogP contribution < -0.4 is 9.80 Å². The van der Waals surface area contributed by atoms with Crippen LogP contribution in [0.3, 0.4) is 0 Å². The van der Waals surface area contributed by atoms with Gasteiger partial charge in [-0.3, -0.25) is 0 Å². The Kier molecular flexibility index (Phi) is 10.3. The molecule has 0 aliphatic heterocycles. The molecule has 2 nitrogen and oxygen atoms in total. The molecule has 254 valence electrons. The predicted molar refractivity (Wildman–Crippen MR) is 222 cm³/mol. The number of benzene rings is 6. The SMILES string of the molecule is CCN(CC)c1cccc(C(=Cc2ccc3c(c2)-c2cc(C=C(c4ccccc4)c4cccc(N(CC)CC)c4)ccc2C3)c2ccccc2)c1. The van der Waals surface area contributed by atoms with Gasteiger partial charge < -0.3 is 9.80 Å². The van der Waals surface area contributed by atoms with Crippen LogP contribution in [0.4, 0.5) is 11.4 Å². The summed E-state index contributed by atoms with van der Waals surface area (Å²) in [6.45, 7) is 12.8. The highest BCUT2D eigenvalue weighted by Crippen LogP contribution is 2.40. The zero-order chi connectivity index (χ0) is 35.2. The van der Waals surface area contributed by atoms with Crippen LogP contribution in [0.1, 0.15) is 72.2 Å². The number of hydrogen-bond donors (Lipinski definition) is 0. The summed E-state index contributed by atoms with van der Waals surface area (Å²) in [5, 5.41) is 0. The zero-order valence-corrected chi connectivity index (χ0v) is 30.4. The van der Waals surface area contributed by atoms with Crippen LogP contribution in [-0.4, -0.2) is 26.2 Å². The lowest BCUT2D eigenvalue weighted by molar-refractivity contribution is 0.866. The Bertz CT molecular complexity index is 2010. The first-order valence-corrected chi connectivity index (χ1v) is 18.6. The Labute approximate surface area is 305 Å². The summed E-state index contributed by atoms with van der Waals surface area (Å²) in [5.41, 5.74) is 17.8. The molecule has 0 aromatic heterocycles. The van der Waals surface area contributed by atoms with E-state index in [9.17, 15) is 0 Å². The minimum Gasteiger partial charge on any atom is -0.372 e. The lowest BCUT2D eigenvalue weighted by Crippen LogP contribution is -2.21. The second-order valence-electron chi connectivity index (χ2n) is 13.3. The standard InChI is InChI=1S/C49H48N2/c1-5-50(6-2)44-23-15-21-40(34-44)46(38-17-11-9-12-18-38)29-36-25-27-42-33-43-28-26-37(32-49(43)48(42)31-36)30-47(39-19-13-10-14-20-39)41-22-16-24-45(35-41)51(7-3)8-4/h9-32,34-35H,5-8,33H2,1-4H3. The maximum Gasteiger partial charge on any atom is 0.0372 e. The van der Waals surface area contributed by atoms with Gasteiger partial charge in [0.15, 0.2) is 0 Å². The molecule has 7 rings (SSSR count). The Morgan fingerprint density at radius 3 is 1.22 bits per heavy atom. The van der Waals surface area contributed by atoms with Gasteiger partial charge in [0.1, 0.15) is 0 Å². The van der Waals surface area contributed by atoms with Crippen LogP contribution in [-0.2, 0) is 6.42 Å². The van der Waals surface area contributed by atoms with E-state index in [4.69, 9.17) is 0 Å². The first kappa shape index (κ1) is 33.9. The molecule has 0 saturated heterocycles. The average Bonchev–Trinajstić information content (AvgIpc) is 3.55. The van der Waals surface area contributed by atoms with Crippen LogP contribution in [0.15, 0.2) is 146 Å². The van der Waals surface area contributed by atoms with Gasteiger partial charge in [0.2, 0.25) is 0 Å². The van der Waals surface area contributed by atoms with Gasteiger partial charge in [-0.15, -0.1) is 0 Å². The van der Waals surface area contributed by atoms with Gasteiger partial charge in [-0.2, -0.15) is 0 Å². The van der Waals surface area contributed by atoms with E-state index in [1.165, 1.54) is 78.2 Å². The van der Waals surface area contributed by atoms with Crippen molar-refractivity contribution in [1.82, 2.24) is 0 Å².